The van der Waals surface area contributed by atoms with Gasteiger partial charge >= 0.3 is 0 Å². The van der Waals surface area contributed by atoms with Gasteiger partial charge in [0.15, 0.2) is 5.78 Å². The standard InChI is InChI=1S/C14H10O2/c15-13-6-3-7-14-12(13)8-10-4-1-2-5-11(10)9-16-14/h1-5,7-9H,6H2. The van der Waals surface area contributed by atoms with Crippen molar-refractivity contribution in [1.82, 2.24) is 0 Å². The molecule has 1 aromatic rings. The monoisotopic (exact) mass is 210 g/mol. The Kier molecular flexibility index (Phi) is 2.00. The predicted molar refractivity (Wildman–Crippen MR) is 61.5 cm³/mol. The van der Waals surface area contributed by atoms with E-state index in [1.807, 2.05) is 42.5 Å². The summed E-state index contributed by atoms with van der Waals surface area (Å²) in [5.74, 6) is 0.759. The number of benzene rings is 1. The van der Waals surface area contributed by atoms with Gasteiger partial charge in [0.25, 0.3) is 0 Å². The number of Topliss-reactive ketones (excluding diaryl/α,β-unsaturated/α-hetero) is 1. The lowest BCUT2D eigenvalue weighted by atomic mass is 10.0. The Morgan fingerprint density at radius 3 is 2.81 bits per heavy atom. The second-order valence-corrected chi connectivity index (χ2v) is 3.82. The highest BCUT2D eigenvalue weighted by Gasteiger charge is 2.16. The summed E-state index contributed by atoms with van der Waals surface area (Å²) in [5, 5.41) is 2.02. The van der Waals surface area contributed by atoms with Crippen molar-refractivity contribution < 1.29 is 9.53 Å². The molecule has 1 aromatic carbocycles. The van der Waals surface area contributed by atoms with Gasteiger partial charge in [-0.05, 0) is 17.4 Å². The number of fused-ring (bicyclic) bond motifs is 1. The molecular weight excluding hydrogens is 200 g/mol. The Hall–Kier alpha value is -2.09. The summed E-state index contributed by atoms with van der Waals surface area (Å²) in [6.45, 7) is 0. The average Bonchev–Trinajstić information content (AvgIpc) is 2.50. The van der Waals surface area contributed by atoms with E-state index >= 15 is 0 Å². The van der Waals surface area contributed by atoms with Gasteiger partial charge in [0.2, 0.25) is 0 Å². The first-order valence-electron chi connectivity index (χ1n) is 5.22. The molecule has 0 saturated heterocycles. The van der Waals surface area contributed by atoms with Crippen molar-refractivity contribution >= 4 is 18.1 Å². The van der Waals surface area contributed by atoms with Crippen molar-refractivity contribution in [2.75, 3.05) is 0 Å². The molecule has 0 bridgehead atoms. The molecule has 0 atom stereocenters. The van der Waals surface area contributed by atoms with E-state index in [2.05, 4.69) is 0 Å². The van der Waals surface area contributed by atoms with E-state index in [1.54, 1.807) is 6.26 Å². The Bertz CT molecular complexity index is 633. The minimum absolute atomic E-state index is 0.114. The summed E-state index contributed by atoms with van der Waals surface area (Å²) in [6, 6.07) is 7.86. The van der Waals surface area contributed by atoms with Crippen LogP contribution in [0.15, 0.2) is 47.7 Å². The molecule has 0 N–H and O–H groups in total. The predicted octanol–water partition coefficient (Wildman–Crippen LogP) is 1.02. The molecule has 0 amide bonds. The average molecular weight is 210 g/mol. The molecule has 2 nitrogen and oxygen atoms in total. The number of hydrogen-bond acceptors (Lipinski definition) is 2. The van der Waals surface area contributed by atoms with Crippen molar-refractivity contribution in [3.63, 3.8) is 0 Å². The molecule has 1 aliphatic heterocycles. The zero-order chi connectivity index (χ0) is 11.0. The zero-order valence-electron chi connectivity index (χ0n) is 8.64. The van der Waals surface area contributed by atoms with Gasteiger partial charge in [-0.15, -0.1) is 0 Å². The van der Waals surface area contributed by atoms with Gasteiger partial charge in [0.1, 0.15) is 5.76 Å². The van der Waals surface area contributed by atoms with Crippen LogP contribution < -0.4 is 10.4 Å². The summed E-state index contributed by atoms with van der Waals surface area (Å²) in [6.07, 6.45) is 7.74. The van der Waals surface area contributed by atoms with Crippen molar-refractivity contribution in [2.45, 2.75) is 6.42 Å². The van der Waals surface area contributed by atoms with Gasteiger partial charge in [-0.1, -0.05) is 30.3 Å². The zero-order valence-corrected chi connectivity index (χ0v) is 8.64. The first-order chi connectivity index (χ1) is 7.84. The van der Waals surface area contributed by atoms with Crippen molar-refractivity contribution in [2.24, 2.45) is 0 Å². The van der Waals surface area contributed by atoms with Crippen molar-refractivity contribution in [3.8, 4) is 0 Å². The van der Waals surface area contributed by atoms with E-state index in [0.717, 1.165) is 10.4 Å². The van der Waals surface area contributed by atoms with E-state index in [1.165, 1.54) is 0 Å². The lowest BCUT2D eigenvalue weighted by molar-refractivity contribution is -0.114. The summed E-state index contributed by atoms with van der Waals surface area (Å²) in [4.78, 5) is 11.8. The number of ketones is 1. The van der Waals surface area contributed by atoms with E-state index < -0.39 is 0 Å². The van der Waals surface area contributed by atoms with Crippen LogP contribution in [0.5, 0.6) is 0 Å². The maximum Gasteiger partial charge on any atom is 0.170 e. The Balaban J connectivity index is 2.29. The molecule has 0 aromatic heterocycles. The number of carbonyl (C=O) groups is 1. The lowest BCUT2D eigenvalue weighted by Gasteiger charge is -2.09. The minimum atomic E-state index is 0.114. The van der Waals surface area contributed by atoms with Crippen LogP contribution in [0.2, 0.25) is 0 Å². The van der Waals surface area contributed by atoms with Gasteiger partial charge < -0.3 is 4.74 Å². The normalized spacial score (nSPS) is 17.6. The highest BCUT2D eigenvalue weighted by Crippen LogP contribution is 2.19. The minimum Gasteiger partial charge on any atom is -0.464 e. The van der Waals surface area contributed by atoms with E-state index in [9.17, 15) is 4.79 Å². The van der Waals surface area contributed by atoms with Crippen LogP contribution in [0.1, 0.15) is 6.42 Å². The summed E-state index contributed by atoms with van der Waals surface area (Å²) in [7, 11) is 0. The van der Waals surface area contributed by atoms with Gasteiger partial charge in [0.05, 0.1) is 11.8 Å². The molecule has 2 heteroatoms. The SMILES string of the molecule is O=C1CC=CC2=C1C=c1ccccc1=CO2. The number of rotatable bonds is 0. The first kappa shape index (κ1) is 9.16. The molecule has 3 rings (SSSR count). The third-order valence-corrected chi connectivity index (χ3v) is 2.75. The van der Waals surface area contributed by atoms with Gasteiger partial charge in [-0.3, -0.25) is 4.79 Å². The Morgan fingerprint density at radius 2 is 1.94 bits per heavy atom. The molecule has 0 radical (unpaired) electrons. The van der Waals surface area contributed by atoms with E-state index in [0.29, 0.717) is 17.8 Å². The molecule has 2 aliphatic rings. The summed E-state index contributed by atoms with van der Waals surface area (Å²) >= 11 is 0. The van der Waals surface area contributed by atoms with Gasteiger partial charge in [0, 0.05) is 11.6 Å². The molecule has 1 aliphatic carbocycles. The van der Waals surface area contributed by atoms with Crippen molar-refractivity contribution in [3.05, 3.63) is 58.2 Å². The lowest BCUT2D eigenvalue weighted by Crippen LogP contribution is -2.23. The maximum absolute atomic E-state index is 11.8. The van der Waals surface area contributed by atoms with E-state index in [-0.39, 0.29) is 5.78 Å². The fraction of sp³-hybridized carbons (Fsp3) is 0.0714. The number of hydrogen-bond donors (Lipinski definition) is 0. The third-order valence-electron chi connectivity index (χ3n) is 2.75. The van der Waals surface area contributed by atoms with Crippen LogP contribution in [0.3, 0.4) is 0 Å². The molecule has 0 fully saturated rings. The quantitative estimate of drug-likeness (QED) is 0.639. The van der Waals surface area contributed by atoms with Gasteiger partial charge in [-0.2, -0.15) is 0 Å². The Labute approximate surface area is 92.9 Å². The second-order valence-electron chi connectivity index (χ2n) is 3.82. The maximum atomic E-state index is 11.8. The Morgan fingerprint density at radius 1 is 1.12 bits per heavy atom. The molecule has 0 unspecified atom stereocenters. The number of carbonyl (C=O) groups excluding carboxylic acids is 1. The van der Waals surface area contributed by atoms with Crippen LogP contribution in [-0.4, -0.2) is 5.78 Å². The topological polar surface area (TPSA) is 26.3 Å². The highest BCUT2D eigenvalue weighted by atomic mass is 16.5. The molecule has 78 valence electrons. The summed E-state index contributed by atoms with van der Waals surface area (Å²) in [5.41, 5.74) is 0.670. The van der Waals surface area contributed by atoms with E-state index in [4.69, 9.17) is 4.74 Å². The largest absolute Gasteiger partial charge is 0.464 e. The fourth-order valence-corrected chi connectivity index (χ4v) is 1.90. The smallest absolute Gasteiger partial charge is 0.170 e. The van der Waals surface area contributed by atoms with Gasteiger partial charge in [-0.25, -0.2) is 0 Å². The molecule has 1 heterocycles. The molecular formula is C14H10O2. The molecule has 0 saturated carbocycles. The third kappa shape index (κ3) is 1.39. The fourth-order valence-electron chi connectivity index (χ4n) is 1.90. The first-order valence-corrected chi connectivity index (χ1v) is 5.22. The summed E-state index contributed by atoms with van der Waals surface area (Å²) < 4.78 is 5.52. The highest BCUT2D eigenvalue weighted by molar-refractivity contribution is 6.05. The van der Waals surface area contributed by atoms with Crippen LogP contribution in [0, 0.1) is 0 Å². The van der Waals surface area contributed by atoms with Crippen molar-refractivity contribution in [1.29, 1.82) is 0 Å². The molecule has 16 heavy (non-hydrogen) atoms. The van der Waals surface area contributed by atoms with Crippen LogP contribution in [0.4, 0.5) is 0 Å². The van der Waals surface area contributed by atoms with Crippen LogP contribution in [0.25, 0.3) is 12.3 Å². The van der Waals surface area contributed by atoms with Crippen LogP contribution in [-0.2, 0) is 9.53 Å². The molecule has 0 spiro atoms. The number of ether oxygens (including phenoxy) is 1. The van der Waals surface area contributed by atoms with Crippen LogP contribution >= 0.6 is 0 Å². The number of allylic oxidation sites excluding steroid dienone is 3. The second kappa shape index (κ2) is 3.49.